The first-order chi connectivity index (χ1) is 16.8. The Hall–Kier alpha value is -3.52. The van der Waals surface area contributed by atoms with Crippen LogP contribution >= 0.6 is 23.2 Å². The van der Waals surface area contributed by atoms with Gasteiger partial charge in [-0.25, -0.2) is 14.2 Å². The van der Waals surface area contributed by atoms with E-state index in [1.54, 1.807) is 7.05 Å². The van der Waals surface area contributed by atoms with Gasteiger partial charge in [0.2, 0.25) is 5.82 Å². The van der Waals surface area contributed by atoms with Crippen molar-refractivity contribution in [3.8, 4) is 22.5 Å². The number of aromatic nitrogens is 5. The van der Waals surface area contributed by atoms with Crippen LogP contribution in [0.2, 0.25) is 10.0 Å². The van der Waals surface area contributed by atoms with Gasteiger partial charge in [-0.3, -0.25) is 15.2 Å². The van der Waals surface area contributed by atoms with Crippen LogP contribution in [0.3, 0.4) is 0 Å². The molecule has 10 nitrogen and oxygen atoms in total. The van der Waals surface area contributed by atoms with E-state index >= 15 is 4.39 Å². The summed E-state index contributed by atoms with van der Waals surface area (Å²) in [7, 11) is 1.56. The first kappa shape index (κ1) is 27.1. The molecule has 36 heavy (non-hydrogen) atoms. The predicted molar refractivity (Wildman–Crippen MR) is 121 cm³/mol. The molecule has 2 N–H and O–H groups in total. The topological polar surface area (TPSA) is 118 Å². The van der Waals surface area contributed by atoms with E-state index in [-0.39, 0.29) is 33.7 Å². The molecule has 0 spiro atoms. The lowest BCUT2D eigenvalue weighted by molar-refractivity contribution is -0.177. The Balaban J connectivity index is 1.87. The van der Waals surface area contributed by atoms with E-state index in [1.165, 1.54) is 42.4 Å². The van der Waals surface area contributed by atoms with Crippen molar-refractivity contribution in [2.24, 2.45) is 7.05 Å². The number of alkyl halides is 3. The van der Waals surface area contributed by atoms with Gasteiger partial charge in [0, 0.05) is 28.9 Å². The second-order valence-corrected chi connectivity index (χ2v) is 8.20. The third kappa shape index (κ3) is 5.99. The average Bonchev–Trinajstić information content (AvgIpc) is 3.21. The van der Waals surface area contributed by atoms with E-state index in [0.29, 0.717) is 16.1 Å². The number of rotatable bonds is 5. The van der Waals surface area contributed by atoms with Crippen molar-refractivity contribution in [2.45, 2.75) is 26.1 Å². The maximum Gasteiger partial charge on any atom is 0.472 e. The quantitative estimate of drug-likeness (QED) is 0.366. The summed E-state index contributed by atoms with van der Waals surface area (Å²) in [6.07, 6.45) is -3.89. The van der Waals surface area contributed by atoms with Crippen LogP contribution < -0.4 is 10.7 Å². The molecule has 0 aliphatic heterocycles. The fourth-order valence-corrected chi connectivity index (χ4v) is 3.70. The summed E-state index contributed by atoms with van der Waals surface area (Å²) in [4.78, 5) is 28.8. The normalized spacial score (nSPS) is 12.2. The average molecular weight is 549 g/mol. The van der Waals surface area contributed by atoms with Crippen LogP contribution in [0.15, 0.2) is 24.4 Å². The summed E-state index contributed by atoms with van der Waals surface area (Å²) >= 11 is 12.5. The fraction of sp³-hybridized carbons (Fsp3) is 0.300. The molecule has 0 radical (unpaired) electrons. The highest BCUT2D eigenvalue weighted by Gasteiger charge is 2.40. The largest absolute Gasteiger partial charge is 0.472 e. The number of urea groups is 1. The number of carbonyl (C=O) groups is 2. The number of aryl methyl sites for hydroxylation is 1. The molecule has 3 amide bonds. The molecular weight excluding hydrogens is 531 g/mol. The molecule has 192 valence electrons. The zero-order valence-electron chi connectivity index (χ0n) is 18.9. The van der Waals surface area contributed by atoms with Crippen LogP contribution in [-0.2, 0) is 11.8 Å². The number of hydrogen-bond acceptors (Lipinski definition) is 6. The molecule has 0 aliphatic rings. The Labute approximate surface area is 211 Å². The number of hydrogen-bond donors (Lipinski definition) is 2. The number of halogens is 6. The molecule has 0 aliphatic carbocycles. The third-order valence-electron chi connectivity index (χ3n) is 4.77. The first-order valence-corrected chi connectivity index (χ1v) is 10.9. The maximum atomic E-state index is 15.1. The van der Waals surface area contributed by atoms with E-state index in [0.717, 1.165) is 6.07 Å². The zero-order valence-corrected chi connectivity index (χ0v) is 20.4. The van der Waals surface area contributed by atoms with Crippen LogP contribution in [-0.4, -0.2) is 54.9 Å². The number of hydrazine groups is 1. The lowest BCUT2D eigenvalue weighted by atomic mass is 9.99. The Morgan fingerprint density at radius 3 is 2.47 bits per heavy atom. The molecule has 2 aromatic heterocycles. The number of nitrogens with zero attached hydrogens (tertiary/aromatic N) is 6. The molecule has 3 rings (SSSR count). The zero-order chi connectivity index (χ0) is 26.8. The molecule has 0 unspecified atom stereocenters. The van der Waals surface area contributed by atoms with E-state index in [4.69, 9.17) is 23.2 Å². The Bertz CT molecular complexity index is 1300. The second-order valence-electron chi connectivity index (χ2n) is 7.36. The number of nitrogens with one attached hydrogen (secondary N) is 2. The minimum atomic E-state index is -5.19. The summed E-state index contributed by atoms with van der Waals surface area (Å²) in [5.74, 6) is -2.99. The van der Waals surface area contributed by atoms with Crippen molar-refractivity contribution in [1.82, 2.24) is 40.9 Å². The Morgan fingerprint density at radius 2 is 1.92 bits per heavy atom. The van der Waals surface area contributed by atoms with Gasteiger partial charge >= 0.3 is 18.1 Å². The summed E-state index contributed by atoms with van der Waals surface area (Å²) < 4.78 is 52.6. The Kier molecular flexibility index (Phi) is 7.99. The number of amides is 3. The van der Waals surface area contributed by atoms with Gasteiger partial charge < -0.3 is 5.32 Å². The molecule has 0 saturated heterocycles. The van der Waals surface area contributed by atoms with Gasteiger partial charge in [-0.1, -0.05) is 23.2 Å². The molecule has 16 heteroatoms. The summed E-state index contributed by atoms with van der Waals surface area (Å²) in [6, 6.07) is 1.93. The maximum absolute atomic E-state index is 15.1. The van der Waals surface area contributed by atoms with E-state index in [9.17, 15) is 22.8 Å². The van der Waals surface area contributed by atoms with E-state index < -0.39 is 30.0 Å². The third-order valence-corrected chi connectivity index (χ3v) is 5.29. The molecule has 0 fully saturated rings. The van der Waals surface area contributed by atoms with Gasteiger partial charge in [-0.2, -0.15) is 18.0 Å². The van der Waals surface area contributed by atoms with Gasteiger partial charge in [-0.15, -0.1) is 10.2 Å². The van der Waals surface area contributed by atoms with Crippen molar-refractivity contribution < 1.29 is 27.2 Å². The number of benzene rings is 1. The highest BCUT2D eigenvalue weighted by atomic mass is 35.5. The highest BCUT2D eigenvalue weighted by Crippen LogP contribution is 2.38. The van der Waals surface area contributed by atoms with Gasteiger partial charge in [0.1, 0.15) is 5.82 Å². The minimum Gasteiger partial charge on any atom is -0.328 e. The van der Waals surface area contributed by atoms with Crippen molar-refractivity contribution in [2.75, 3.05) is 6.54 Å². The minimum absolute atomic E-state index is 0.167. The molecular formula is C20H18Cl2F4N8O2. The van der Waals surface area contributed by atoms with E-state index in [2.05, 4.69) is 25.7 Å². The molecule has 2 heterocycles. The summed E-state index contributed by atoms with van der Waals surface area (Å²) in [5, 5.41) is 15.0. The monoisotopic (exact) mass is 548 g/mol. The van der Waals surface area contributed by atoms with Crippen molar-refractivity contribution in [3.05, 3.63) is 46.0 Å². The molecule has 1 aromatic carbocycles. The van der Waals surface area contributed by atoms with Crippen LogP contribution in [0.5, 0.6) is 0 Å². The lowest BCUT2D eigenvalue weighted by Gasteiger charge is -2.24. The molecule has 0 bridgehead atoms. The van der Waals surface area contributed by atoms with Crippen molar-refractivity contribution in [3.63, 3.8) is 0 Å². The van der Waals surface area contributed by atoms with Crippen LogP contribution in [0.1, 0.15) is 25.6 Å². The first-order valence-electron chi connectivity index (χ1n) is 10.2. The van der Waals surface area contributed by atoms with Crippen molar-refractivity contribution >= 4 is 35.1 Å². The lowest BCUT2D eigenvalue weighted by Crippen LogP contribution is -2.54. The molecule has 3 aromatic rings. The van der Waals surface area contributed by atoms with Crippen LogP contribution in [0.4, 0.5) is 22.4 Å². The van der Waals surface area contributed by atoms with Gasteiger partial charge in [0.05, 0.1) is 23.8 Å². The van der Waals surface area contributed by atoms with Crippen LogP contribution in [0, 0.1) is 5.82 Å². The number of carbonyl (C=O) groups excluding carboxylic acids is 2. The molecule has 1 atom stereocenters. The van der Waals surface area contributed by atoms with Crippen molar-refractivity contribution in [1.29, 1.82) is 0 Å². The van der Waals surface area contributed by atoms with Gasteiger partial charge in [-0.05, 0) is 42.8 Å². The standard InChI is InChI=1S/C20H18Cl2F4N8O2/c1-4-34(31-18(35)20(24,25)26)19(36)28-9(2)16-14(23)5-10(8-27-16)12-6-11(21)7-13(22)15(12)17-29-32-33(3)30-17/h5-9H,4H2,1-3H3,(H,28,36)(H,31,35)/t9-/m1/s1. The predicted octanol–water partition coefficient (Wildman–Crippen LogP) is 4.07. The smallest absolute Gasteiger partial charge is 0.328 e. The van der Waals surface area contributed by atoms with Gasteiger partial charge in [0.25, 0.3) is 0 Å². The summed E-state index contributed by atoms with van der Waals surface area (Å²) in [6.45, 7) is 2.42. The van der Waals surface area contributed by atoms with Gasteiger partial charge in [0.15, 0.2) is 0 Å². The van der Waals surface area contributed by atoms with E-state index in [1.807, 2.05) is 0 Å². The summed E-state index contributed by atoms with van der Waals surface area (Å²) in [5.41, 5.74) is 2.19. The number of pyridine rings is 1. The fourth-order valence-electron chi connectivity index (χ4n) is 3.12. The molecule has 0 saturated carbocycles. The second kappa shape index (κ2) is 10.6. The SMILES string of the molecule is CCN(NC(=O)C(F)(F)F)C(=O)N[C@H](C)c1ncc(-c2cc(Cl)cc(Cl)c2-c2nnn(C)n2)cc1F. The highest BCUT2D eigenvalue weighted by molar-refractivity contribution is 6.37. The number of tetrazole rings is 1. The Morgan fingerprint density at radius 1 is 1.22 bits per heavy atom. The van der Waals surface area contributed by atoms with Crippen LogP contribution in [0.25, 0.3) is 22.5 Å².